The van der Waals surface area contributed by atoms with E-state index >= 15 is 0 Å². The van der Waals surface area contributed by atoms with Crippen molar-refractivity contribution in [3.8, 4) is 0 Å². The molecule has 124 valence electrons. The molecule has 1 aromatic heterocycles. The molecule has 3 heterocycles. The largest absolute Gasteiger partial charge is 0.454 e. The van der Waals surface area contributed by atoms with Gasteiger partial charge in [-0.25, -0.2) is 4.79 Å². The normalized spacial score (nSPS) is 20.8. The van der Waals surface area contributed by atoms with Gasteiger partial charge in [-0.1, -0.05) is 6.07 Å². The van der Waals surface area contributed by atoms with Gasteiger partial charge in [0.2, 0.25) is 0 Å². The molecule has 0 aliphatic carbocycles. The van der Waals surface area contributed by atoms with Crippen molar-refractivity contribution in [3.05, 3.63) is 22.4 Å². The Morgan fingerprint density at radius 2 is 1.96 bits per heavy atom. The lowest BCUT2D eigenvalue weighted by atomic mass is 10.2. The number of hydrogen-bond donors (Lipinski definition) is 0. The van der Waals surface area contributed by atoms with Crippen LogP contribution < -0.4 is 0 Å². The Morgan fingerprint density at radius 3 is 2.65 bits per heavy atom. The molecular formula is C16H20N2O4S. The van der Waals surface area contributed by atoms with Crippen LogP contribution in [0.3, 0.4) is 0 Å². The van der Waals surface area contributed by atoms with Crippen molar-refractivity contribution in [1.29, 1.82) is 0 Å². The van der Waals surface area contributed by atoms with E-state index in [0.717, 1.165) is 32.4 Å². The van der Waals surface area contributed by atoms with Crippen LogP contribution in [0.2, 0.25) is 0 Å². The zero-order valence-corrected chi connectivity index (χ0v) is 13.7. The number of likely N-dealkylation sites (tertiary alicyclic amines) is 2. The van der Waals surface area contributed by atoms with E-state index in [-0.39, 0.29) is 18.4 Å². The Labute approximate surface area is 139 Å². The molecule has 2 aliphatic heterocycles. The van der Waals surface area contributed by atoms with E-state index in [2.05, 4.69) is 0 Å². The molecule has 2 saturated heterocycles. The molecule has 2 aliphatic rings. The first-order valence-corrected chi connectivity index (χ1v) is 8.83. The van der Waals surface area contributed by atoms with E-state index in [9.17, 15) is 14.4 Å². The van der Waals surface area contributed by atoms with Crippen molar-refractivity contribution in [1.82, 2.24) is 9.80 Å². The van der Waals surface area contributed by atoms with Gasteiger partial charge < -0.3 is 14.5 Å². The SMILES string of the molecule is O=C(OCC(=O)N1CCCC1)C1CCCN1C(=O)c1cccs1. The highest BCUT2D eigenvalue weighted by molar-refractivity contribution is 7.12. The molecule has 0 N–H and O–H groups in total. The zero-order chi connectivity index (χ0) is 16.2. The smallest absolute Gasteiger partial charge is 0.329 e. The van der Waals surface area contributed by atoms with Gasteiger partial charge in [-0.2, -0.15) is 0 Å². The van der Waals surface area contributed by atoms with E-state index in [1.165, 1.54) is 11.3 Å². The summed E-state index contributed by atoms with van der Waals surface area (Å²) in [6.07, 6.45) is 3.38. The van der Waals surface area contributed by atoms with Crippen LogP contribution in [0, 0.1) is 0 Å². The molecule has 1 atom stereocenters. The highest BCUT2D eigenvalue weighted by Gasteiger charge is 2.36. The minimum atomic E-state index is -0.573. The van der Waals surface area contributed by atoms with Crippen LogP contribution in [0.4, 0.5) is 0 Å². The minimum Gasteiger partial charge on any atom is -0.454 e. The van der Waals surface area contributed by atoms with Gasteiger partial charge in [-0.3, -0.25) is 9.59 Å². The van der Waals surface area contributed by atoms with Gasteiger partial charge in [-0.15, -0.1) is 11.3 Å². The predicted molar refractivity (Wildman–Crippen MR) is 85.2 cm³/mol. The fourth-order valence-corrected chi connectivity index (χ4v) is 3.76. The third-order valence-electron chi connectivity index (χ3n) is 4.31. The highest BCUT2D eigenvalue weighted by atomic mass is 32.1. The van der Waals surface area contributed by atoms with E-state index in [1.807, 2.05) is 11.4 Å². The molecular weight excluding hydrogens is 316 g/mol. The fourth-order valence-electron chi connectivity index (χ4n) is 3.08. The first kappa shape index (κ1) is 16.0. The van der Waals surface area contributed by atoms with Crippen LogP contribution in [0.15, 0.2) is 17.5 Å². The molecule has 23 heavy (non-hydrogen) atoms. The van der Waals surface area contributed by atoms with Crippen molar-refractivity contribution in [2.45, 2.75) is 31.7 Å². The molecule has 3 rings (SSSR count). The molecule has 1 unspecified atom stereocenters. The lowest BCUT2D eigenvalue weighted by Crippen LogP contribution is -2.42. The van der Waals surface area contributed by atoms with Gasteiger partial charge in [0.25, 0.3) is 11.8 Å². The van der Waals surface area contributed by atoms with Crippen LogP contribution in [-0.2, 0) is 14.3 Å². The standard InChI is InChI=1S/C16H20N2O4S/c19-14(17-7-1-2-8-17)11-22-16(21)12-5-3-9-18(12)15(20)13-6-4-10-23-13/h4,6,10,12H,1-3,5,7-9,11H2. The summed E-state index contributed by atoms with van der Waals surface area (Å²) in [4.78, 5) is 40.5. The Hall–Kier alpha value is -1.89. The maximum absolute atomic E-state index is 12.4. The quantitative estimate of drug-likeness (QED) is 0.782. The van der Waals surface area contributed by atoms with E-state index in [1.54, 1.807) is 15.9 Å². The van der Waals surface area contributed by atoms with Crippen LogP contribution in [0.1, 0.15) is 35.4 Å². The summed E-state index contributed by atoms with van der Waals surface area (Å²) in [6.45, 7) is 1.80. The van der Waals surface area contributed by atoms with Gasteiger partial charge >= 0.3 is 5.97 Å². The second-order valence-corrected chi connectivity index (χ2v) is 6.78. The molecule has 0 bridgehead atoms. The maximum Gasteiger partial charge on any atom is 0.329 e. The third kappa shape index (κ3) is 3.55. The lowest BCUT2D eigenvalue weighted by Gasteiger charge is -2.23. The van der Waals surface area contributed by atoms with Crippen LogP contribution in [0.25, 0.3) is 0 Å². The van der Waals surface area contributed by atoms with E-state index in [0.29, 0.717) is 17.8 Å². The average molecular weight is 336 g/mol. The first-order chi connectivity index (χ1) is 11.2. The van der Waals surface area contributed by atoms with E-state index < -0.39 is 12.0 Å². The Balaban J connectivity index is 1.55. The summed E-state index contributed by atoms with van der Waals surface area (Å²) in [6, 6.07) is 3.00. The molecule has 0 aromatic carbocycles. The number of esters is 1. The molecule has 6 nitrogen and oxygen atoms in total. The Morgan fingerprint density at radius 1 is 1.17 bits per heavy atom. The molecule has 0 spiro atoms. The van der Waals surface area contributed by atoms with Crippen LogP contribution >= 0.6 is 11.3 Å². The summed E-state index contributed by atoms with van der Waals surface area (Å²) in [5.41, 5.74) is 0. The van der Waals surface area contributed by atoms with Gasteiger partial charge in [-0.05, 0) is 37.1 Å². The second kappa shape index (κ2) is 7.12. The number of carbonyl (C=O) groups is 3. The topological polar surface area (TPSA) is 66.9 Å². The van der Waals surface area contributed by atoms with Gasteiger partial charge in [0, 0.05) is 19.6 Å². The molecule has 2 amide bonds. The monoisotopic (exact) mass is 336 g/mol. The number of amides is 2. The van der Waals surface area contributed by atoms with Crippen molar-refractivity contribution in [3.63, 3.8) is 0 Å². The summed E-state index contributed by atoms with van der Waals surface area (Å²) in [5, 5.41) is 1.84. The number of thiophene rings is 1. The third-order valence-corrected chi connectivity index (χ3v) is 5.17. The number of hydrogen-bond acceptors (Lipinski definition) is 5. The van der Waals surface area contributed by atoms with Crippen molar-refractivity contribution >= 4 is 29.1 Å². The molecule has 7 heteroatoms. The number of carbonyl (C=O) groups excluding carboxylic acids is 3. The van der Waals surface area contributed by atoms with Crippen molar-refractivity contribution < 1.29 is 19.1 Å². The Kier molecular flexibility index (Phi) is 4.95. The fraction of sp³-hybridized carbons (Fsp3) is 0.562. The van der Waals surface area contributed by atoms with Crippen LogP contribution in [-0.4, -0.2) is 59.9 Å². The Bertz CT molecular complexity index is 581. The second-order valence-electron chi connectivity index (χ2n) is 5.83. The first-order valence-electron chi connectivity index (χ1n) is 7.95. The lowest BCUT2D eigenvalue weighted by molar-refractivity contribution is -0.154. The van der Waals surface area contributed by atoms with Crippen LogP contribution in [0.5, 0.6) is 0 Å². The van der Waals surface area contributed by atoms with Crippen molar-refractivity contribution in [2.75, 3.05) is 26.2 Å². The maximum atomic E-state index is 12.4. The minimum absolute atomic E-state index is 0.134. The summed E-state index contributed by atoms with van der Waals surface area (Å²) in [5.74, 6) is -0.754. The van der Waals surface area contributed by atoms with Crippen molar-refractivity contribution in [2.24, 2.45) is 0 Å². The summed E-state index contributed by atoms with van der Waals surface area (Å²) < 4.78 is 5.18. The van der Waals surface area contributed by atoms with E-state index in [4.69, 9.17) is 4.74 Å². The number of nitrogens with zero attached hydrogens (tertiary/aromatic N) is 2. The van der Waals surface area contributed by atoms with Gasteiger partial charge in [0.15, 0.2) is 6.61 Å². The van der Waals surface area contributed by atoms with Gasteiger partial charge in [0.05, 0.1) is 4.88 Å². The average Bonchev–Trinajstić information content (AvgIpc) is 3.33. The highest BCUT2D eigenvalue weighted by Crippen LogP contribution is 2.23. The number of rotatable bonds is 4. The summed E-state index contributed by atoms with van der Waals surface area (Å²) in [7, 11) is 0. The zero-order valence-electron chi connectivity index (χ0n) is 12.9. The summed E-state index contributed by atoms with van der Waals surface area (Å²) >= 11 is 1.36. The molecule has 2 fully saturated rings. The molecule has 0 saturated carbocycles. The predicted octanol–water partition coefficient (Wildman–Crippen LogP) is 1.52. The number of ether oxygens (including phenoxy) is 1. The van der Waals surface area contributed by atoms with Gasteiger partial charge in [0.1, 0.15) is 6.04 Å². The molecule has 1 aromatic rings. The molecule has 0 radical (unpaired) electrons.